The number of likely N-dealkylation sites (tertiary alicyclic amines) is 1. The average molecular weight is 460 g/mol. The molecule has 2 aliphatic heterocycles. The van der Waals surface area contributed by atoms with Gasteiger partial charge in [-0.3, -0.25) is 4.79 Å². The minimum absolute atomic E-state index is 0.0656. The van der Waals surface area contributed by atoms with E-state index in [1.54, 1.807) is 12.1 Å². The summed E-state index contributed by atoms with van der Waals surface area (Å²) in [5.74, 6) is 2.20. The van der Waals surface area contributed by atoms with Gasteiger partial charge in [-0.1, -0.05) is 13.3 Å². The van der Waals surface area contributed by atoms with E-state index in [1.807, 2.05) is 18.7 Å². The zero-order chi connectivity index (χ0) is 22.7. The van der Waals surface area contributed by atoms with E-state index in [0.29, 0.717) is 25.1 Å². The maximum absolute atomic E-state index is 13.2. The van der Waals surface area contributed by atoms with Crippen molar-refractivity contribution in [3.05, 3.63) is 41.5 Å². The number of benzene rings is 1. The van der Waals surface area contributed by atoms with Gasteiger partial charge in [0.05, 0.1) is 4.90 Å². The highest BCUT2D eigenvalue weighted by molar-refractivity contribution is 7.89. The Bertz CT molecular complexity index is 1050. The lowest BCUT2D eigenvalue weighted by atomic mass is 9.96. The maximum atomic E-state index is 13.2. The molecule has 0 spiro atoms. The summed E-state index contributed by atoms with van der Waals surface area (Å²) >= 11 is 0. The number of amides is 1. The molecule has 1 aromatic heterocycles. The zero-order valence-electron chi connectivity index (χ0n) is 19.0. The molecule has 1 saturated heterocycles. The van der Waals surface area contributed by atoms with E-state index in [-0.39, 0.29) is 22.8 Å². The molecule has 1 N–H and O–H groups in total. The molecule has 2 atom stereocenters. The van der Waals surface area contributed by atoms with Crippen LogP contribution < -0.4 is 4.72 Å². The predicted octanol–water partition coefficient (Wildman–Crippen LogP) is 3.10. The Hall–Kier alpha value is -2.26. The number of sulfonamides is 1. The van der Waals surface area contributed by atoms with Crippen LogP contribution in [-0.4, -0.2) is 53.1 Å². The highest BCUT2D eigenvalue weighted by Gasteiger charge is 2.30. The molecule has 174 valence electrons. The molecule has 2 unspecified atom stereocenters. The number of aromatic nitrogens is 3. The smallest absolute Gasteiger partial charge is 0.253 e. The van der Waals surface area contributed by atoms with Crippen LogP contribution in [0.2, 0.25) is 0 Å². The van der Waals surface area contributed by atoms with Gasteiger partial charge in [-0.15, -0.1) is 10.2 Å². The molecule has 9 heteroatoms. The third-order valence-electron chi connectivity index (χ3n) is 6.59. The molecule has 1 fully saturated rings. The van der Waals surface area contributed by atoms with Crippen LogP contribution in [-0.2, 0) is 23.0 Å². The van der Waals surface area contributed by atoms with E-state index >= 15 is 0 Å². The number of carbonyl (C=O) groups is 1. The molecule has 32 heavy (non-hydrogen) atoms. The molecule has 0 aliphatic carbocycles. The van der Waals surface area contributed by atoms with Crippen molar-refractivity contribution >= 4 is 15.9 Å². The highest BCUT2D eigenvalue weighted by atomic mass is 32.2. The summed E-state index contributed by atoms with van der Waals surface area (Å²) in [6.07, 6.45) is 7.13. The summed E-state index contributed by atoms with van der Waals surface area (Å²) in [5, 5.41) is 8.93. The Morgan fingerprint density at radius 3 is 2.66 bits per heavy atom. The first-order valence-corrected chi connectivity index (χ1v) is 13.2. The van der Waals surface area contributed by atoms with Crippen molar-refractivity contribution in [2.75, 3.05) is 13.1 Å². The van der Waals surface area contributed by atoms with Crippen LogP contribution >= 0.6 is 0 Å². The second-order valence-electron chi connectivity index (χ2n) is 8.98. The number of rotatable bonds is 6. The van der Waals surface area contributed by atoms with E-state index in [9.17, 15) is 13.2 Å². The van der Waals surface area contributed by atoms with Crippen LogP contribution in [0.4, 0.5) is 0 Å². The topological polar surface area (TPSA) is 97.2 Å². The van der Waals surface area contributed by atoms with Gasteiger partial charge in [-0.05, 0) is 63.3 Å². The fourth-order valence-corrected chi connectivity index (χ4v) is 5.88. The van der Waals surface area contributed by atoms with Crippen molar-refractivity contribution in [2.24, 2.45) is 0 Å². The number of aryl methyl sites for hydroxylation is 1. The third-order valence-corrected chi connectivity index (χ3v) is 8.20. The molecule has 0 bridgehead atoms. The second-order valence-corrected chi connectivity index (χ2v) is 10.7. The largest absolute Gasteiger partial charge is 0.338 e. The van der Waals surface area contributed by atoms with Gasteiger partial charge in [0.15, 0.2) is 0 Å². The molecule has 1 aromatic carbocycles. The van der Waals surface area contributed by atoms with Crippen LogP contribution in [0.1, 0.15) is 80.3 Å². The van der Waals surface area contributed by atoms with Gasteiger partial charge in [-0.25, -0.2) is 13.1 Å². The van der Waals surface area contributed by atoms with Gasteiger partial charge in [0.25, 0.3) is 5.91 Å². The zero-order valence-corrected chi connectivity index (χ0v) is 19.8. The number of carbonyl (C=O) groups excluding carboxylic acids is 1. The fourth-order valence-electron chi connectivity index (χ4n) is 4.56. The van der Waals surface area contributed by atoms with Crippen LogP contribution in [0.3, 0.4) is 0 Å². The lowest BCUT2D eigenvalue weighted by molar-refractivity contribution is 0.0703. The molecular weight excluding hydrogens is 426 g/mol. The van der Waals surface area contributed by atoms with Gasteiger partial charge >= 0.3 is 0 Å². The molecular formula is C23H33N5O3S. The van der Waals surface area contributed by atoms with E-state index < -0.39 is 10.0 Å². The normalized spacial score (nSPS) is 20.4. The summed E-state index contributed by atoms with van der Waals surface area (Å²) in [6, 6.07) is 6.11. The van der Waals surface area contributed by atoms with Crippen molar-refractivity contribution in [1.29, 1.82) is 0 Å². The van der Waals surface area contributed by atoms with Crippen molar-refractivity contribution in [1.82, 2.24) is 24.4 Å². The summed E-state index contributed by atoms with van der Waals surface area (Å²) in [6.45, 7) is 6.04. The molecule has 4 rings (SSSR count). The molecule has 1 amide bonds. The van der Waals surface area contributed by atoms with Crippen LogP contribution in [0.25, 0.3) is 0 Å². The van der Waals surface area contributed by atoms with Gasteiger partial charge in [0, 0.05) is 43.6 Å². The van der Waals surface area contributed by atoms with Crippen molar-refractivity contribution in [3.8, 4) is 0 Å². The quantitative estimate of drug-likeness (QED) is 0.716. The van der Waals surface area contributed by atoms with E-state index in [0.717, 1.165) is 50.3 Å². The Kier molecular flexibility index (Phi) is 6.95. The van der Waals surface area contributed by atoms with Crippen LogP contribution in [0, 0.1) is 0 Å². The molecule has 2 aliphatic rings. The molecule has 3 heterocycles. The van der Waals surface area contributed by atoms with Gasteiger partial charge < -0.3 is 9.47 Å². The minimum atomic E-state index is -3.58. The summed E-state index contributed by atoms with van der Waals surface area (Å²) in [4.78, 5) is 15.2. The van der Waals surface area contributed by atoms with Crippen molar-refractivity contribution < 1.29 is 13.2 Å². The monoisotopic (exact) mass is 459 g/mol. The van der Waals surface area contributed by atoms with Gasteiger partial charge in [0.2, 0.25) is 10.0 Å². The Balaban J connectivity index is 1.46. The van der Waals surface area contributed by atoms with Gasteiger partial charge in [-0.2, -0.15) is 0 Å². The van der Waals surface area contributed by atoms with E-state index in [2.05, 4.69) is 19.5 Å². The first-order chi connectivity index (χ1) is 15.4. The standard InChI is InChI=1S/C23H33N5O3S/c1-3-17(2)26-32(30,31)20-12-10-18(11-13-20)23(29)27-14-7-8-19(16-27)22-25-24-21-9-5-4-6-15-28(21)22/h10-13,17,19,26H,3-9,14-16H2,1-2H3. The fraction of sp³-hybridized carbons (Fsp3) is 0.609. The lowest BCUT2D eigenvalue weighted by Crippen LogP contribution is -2.40. The average Bonchev–Trinajstić information content (AvgIpc) is 3.06. The number of hydrogen-bond acceptors (Lipinski definition) is 5. The van der Waals surface area contributed by atoms with Crippen LogP contribution in [0.15, 0.2) is 29.2 Å². The number of piperidine rings is 1. The van der Waals surface area contributed by atoms with Crippen LogP contribution in [0.5, 0.6) is 0 Å². The minimum Gasteiger partial charge on any atom is -0.338 e. The molecule has 0 saturated carbocycles. The molecule has 2 aromatic rings. The lowest BCUT2D eigenvalue weighted by Gasteiger charge is -2.32. The predicted molar refractivity (Wildman–Crippen MR) is 122 cm³/mol. The number of hydrogen-bond donors (Lipinski definition) is 1. The SMILES string of the molecule is CCC(C)NS(=O)(=O)c1ccc(C(=O)N2CCCC(c3nnc4n3CCCCC4)C2)cc1. The number of fused-ring (bicyclic) bond motifs is 1. The third kappa shape index (κ3) is 4.88. The maximum Gasteiger partial charge on any atom is 0.253 e. The number of nitrogens with one attached hydrogen (secondary N) is 1. The van der Waals surface area contributed by atoms with Crippen molar-refractivity contribution in [3.63, 3.8) is 0 Å². The Morgan fingerprint density at radius 1 is 1.12 bits per heavy atom. The first kappa shape index (κ1) is 22.9. The van der Waals surface area contributed by atoms with E-state index in [4.69, 9.17) is 0 Å². The Labute approximate surface area is 190 Å². The Morgan fingerprint density at radius 2 is 1.91 bits per heavy atom. The summed E-state index contributed by atoms with van der Waals surface area (Å²) < 4.78 is 29.9. The van der Waals surface area contributed by atoms with E-state index in [1.165, 1.54) is 18.6 Å². The molecule has 0 radical (unpaired) electrons. The van der Waals surface area contributed by atoms with Gasteiger partial charge in [0.1, 0.15) is 11.6 Å². The first-order valence-electron chi connectivity index (χ1n) is 11.7. The van der Waals surface area contributed by atoms with Crippen molar-refractivity contribution in [2.45, 2.75) is 82.2 Å². The molecule has 8 nitrogen and oxygen atoms in total. The summed E-state index contributed by atoms with van der Waals surface area (Å²) in [7, 11) is -3.58. The second kappa shape index (κ2) is 9.70. The highest BCUT2D eigenvalue weighted by Crippen LogP contribution is 2.29. The number of nitrogens with zero attached hydrogens (tertiary/aromatic N) is 4. The summed E-state index contributed by atoms with van der Waals surface area (Å²) in [5.41, 5.74) is 0.508.